The van der Waals surface area contributed by atoms with E-state index in [0.29, 0.717) is 23.0 Å². The van der Waals surface area contributed by atoms with Crippen molar-refractivity contribution in [2.24, 2.45) is 0 Å². The number of anilines is 1. The highest BCUT2D eigenvalue weighted by atomic mass is 19.1. The molecule has 170 valence electrons. The summed E-state index contributed by atoms with van der Waals surface area (Å²) in [4.78, 5) is 31.1. The molecule has 2 heterocycles. The van der Waals surface area contributed by atoms with Crippen molar-refractivity contribution < 1.29 is 9.18 Å². The number of aryl methyl sites for hydroxylation is 2. The first-order chi connectivity index (χ1) is 16.4. The molecule has 3 aromatic carbocycles. The number of aromatic nitrogens is 3. The molecule has 0 spiro atoms. The fourth-order valence-electron chi connectivity index (χ4n) is 4.36. The minimum atomic E-state index is -0.429. The topological polar surface area (TPSA) is 68.9 Å². The Kier molecular flexibility index (Phi) is 5.45. The zero-order valence-electron chi connectivity index (χ0n) is 18.9. The summed E-state index contributed by atoms with van der Waals surface area (Å²) >= 11 is 0. The highest BCUT2D eigenvalue weighted by Gasteiger charge is 2.19. The van der Waals surface area contributed by atoms with Crippen LogP contribution in [-0.4, -0.2) is 20.0 Å². The highest BCUT2D eigenvalue weighted by molar-refractivity contribution is 6.06. The van der Waals surface area contributed by atoms with Crippen molar-refractivity contribution in [3.63, 3.8) is 0 Å². The van der Waals surface area contributed by atoms with Crippen LogP contribution in [0.3, 0.4) is 0 Å². The molecule has 0 aliphatic rings. The number of rotatable bonds is 5. The van der Waals surface area contributed by atoms with E-state index in [0.717, 1.165) is 22.4 Å². The SMILES string of the molecule is Cc1cccc(C)c1NC(=O)Cn1c2ccc(F)cc2c2ncn(Cc3ccccc3)c(=O)c21. The summed E-state index contributed by atoms with van der Waals surface area (Å²) in [6.07, 6.45) is 1.48. The standard InChI is InChI=1S/C27H23FN4O2/c1-17-7-6-8-18(2)24(17)30-23(33)15-32-22-12-11-20(28)13-21(22)25-26(32)27(34)31(16-29-25)14-19-9-4-3-5-10-19/h3-13,16H,14-15H2,1-2H3,(H,30,33). The van der Waals surface area contributed by atoms with Gasteiger partial charge in [0.2, 0.25) is 5.91 Å². The minimum Gasteiger partial charge on any atom is -0.325 e. The second kappa shape index (κ2) is 8.59. The van der Waals surface area contributed by atoms with Crippen LogP contribution in [0.4, 0.5) is 10.1 Å². The number of amides is 1. The van der Waals surface area contributed by atoms with Crippen molar-refractivity contribution in [1.29, 1.82) is 0 Å². The molecule has 0 saturated heterocycles. The van der Waals surface area contributed by atoms with E-state index in [1.807, 2.05) is 62.4 Å². The lowest BCUT2D eigenvalue weighted by Crippen LogP contribution is -2.25. The lowest BCUT2D eigenvalue weighted by molar-refractivity contribution is -0.116. The largest absolute Gasteiger partial charge is 0.325 e. The number of hydrogen-bond acceptors (Lipinski definition) is 3. The van der Waals surface area contributed by atoms with Crippen LogP contribution < -0.4 is 10.9 Å². The molecule has 0 fully saturated rings. The molecule has 0 bridgehead atoms. The van der Waals surface area contributed by atoms with Crippen molar-refractivity contribution in [3.8, 4) is 0 Å². The molecule has 0 atom stereocenters. The number of nitrogens with one attached hydrogen (secondary N) is 1. The number of carbonyl (C=O) groups is 1. The van der Waals surface area contributed by atoms with Gasteiger partial charge in [0.1, 0.15) is 23.4 Å². The van der Waals surface area contributed by atoms with Gasteiger partial charge in [-0.25, -0.2) is 9.37 Å². The van der Waals surface area contributed by atoms with Crippen molar-refractivity contribution in [1.82, 2.24) is 14.1 Å². The summed E-state index contributed by atoms with van der Waals surface area (Å²) in [5.41, 5.74) is 4.54. The van der Waals surface area contributed by atoms with Crippen LogP contribution >= 0.6 is 0 Å². The normalized spacial score (nSPS) is 11.3. The number of carbonyl (C=O) groups excluding carboxylic acids is 1. The third-order valence-electron chi connectivity index (χ3n) is 6.03. The van der Waals surface area contributed by atoms with Gasteiger partial charge < -0.3 is 9.88 Å². The Morgan fingerprint density at radius 1 is 1.00 bits per heavy atom. The molecule has 7 heteroatoms. The quantitative estimate of drug-likeness (QED) is 0.415. The Bertz CT molecular complexity index is 1580. The highest BCUT2D eigenvalue weighted by Crippen LogP contribution is 2.27. The van der Waals surface area contributed by atoms with Gasteiger partial charge in [0.15, 0.2) is 0 Å². The van der Waals surface area contributed by atoms with Crippen LogP contribution in [0, 0.1) is 19.7 Å². The molecular weight excluding hydrogens is 431 g/mol. The maximum Gasteiger partial charge on any atom is 0.278 e. The molecule has 2 aromatic heterocycles. The summed E-state index contributed by atoms with van der Waals surface area (Å²) in [6, 6.07) is 19.6. The van der Waals surface area contributed by atoms with Gasteiger partial charge >= 0.3 is 0 Å². The summed E-state index contributed by atoms with van der Waals surface area (Å²) in [5.74, 6) is -0.708. The van der Waals surface area contributed by atoms with Crippen molar-refractivity contribution in [3.05, 3.63) is 106 Å². The van der Waals surface area contributed by atoms with Crippen LogP contribution in [0.2, 0.25) is 0 Å². The van der Waals surface area contributed by atoms with Gasteiger partial charge in [-0.2, -0.15) is 0 Å². The monoisotopic (exact) mass is 454 g/mol. The van der Waals surface area contributed by atoms with E-state index in [9.17, 15) is 14.0 Å². The predicted octanol–water partition coefficient (Wildman–Crippen LogP) is 4.79. The smallest absolute Gasteiger partial charge is 0.278 e. The van der Waals surface area contributed by atoms with Crippen LogP contribution in [0.15, 0.2) is 77.9 Å². The summed E-state index contributed by atoms with van der Waals surface area (Å²) in [6.45, 7) is 4.09. The maximum absolute atomic E-state index is 14.1. The van der Waals surface area contributed by atoms with Crippen LogP contribution in [0.5, 0.6) is 0 Å². The summed E-state index contributed by atoms with van der Waals surface area (Å²) in [7, 11) is 0. The third kappa shape index (κ3) is 3.85. The zero-order valence-corrected chi connectivity index (χ0v) is 18.9. The average molecular weight is 455 g/mol. The van der Waals surface area contributed by atoms with Gasteiger partial charge in [0, 0.05) is 11.1 Å². The summed E-state index contributed by atoms with van der Waals surface area (Å²) in [5, 5.41) is 3.47. The second-order valence-corrected chi connectivity index (χ2v) is 8.42. The first-order valence-corrected chi connectivity index (χ1v) is 11.0. The molecule has 34 heavy (non-hydrogen) atoms. The first kappa shape index (κ1) is 21.6. The molecule has 1 N–H and O–H groups in total. The van der Waals surface area contributed by atoms with E-state index in [4.69, 9.17) is 0 Å². The second-order valence-electron chi connectivity index (χ2n) is 8.42. The third-order valence-corrected chi connectivity index (χ3v) is 6.03. The molecule has 1 amide bonds. The molecule has 0 unspecified atom stereocenters. The molecule has 5 aromatic rings. The number of halogens is 1. The predicted molar refractivity (Wildman–Crippen MR) is 132 cm³/mol. The number of nitrogens with zero attached hydrogens (tertiary/aromatic N) is 3. The molecule has 0 aliphatic carbocycles. The first-order valence-electron chi connectivity index (χ1n) is 11.0. The zero-order chi connectivity index (χ0) is 23.8. The van der Waals surface area contributed by atoms with E-state index in [-0.39, 0.29) is 23.5 Å². The Hall–Kier alpha value is -4.26. The van der Waals surface area contributed by atoms with Gasteiger partial charge in [0.25, 0.3) is 5.56 Å². The Morgan fingerprint density at radius 3 is 2.47 bits per heavy atom. The minimum absolute atomic E-state index is 0.105. The number of fused-ring (bicyclic) bond motifs is 3. The molecule has 6 nitrogen and oxygen atoms in total. The molecule has 0 aliphatic heterocycles. The maximum atomic E-state index is 14.1. The van der Waals surface area contributed by atoms with Crippen molar-refractivity contribution in [2.45, 2.75) is 26.9 Å². The lowest BCUT2D eigenvalue weighted by Gasteiger charge is -2.13. The van der Waals surface area contributed by atoms with E-state index < -0.39 is 5.82 Å². The average Bonchev–Trinajstić information content (AvgIpc) is 3.12. The summed E-state index contributed by atoms with van der Waals surface area (Å²) < 4.78 is 17.2. The van der Waals surface area contributed by atoms with Gasteiger partial charge in [0.05, 0.1) is 18.4 Å². The van der Waals surface area contributed by atoms with Crippen LogP contribution in [0.25, 0.3) is 21.9 Å². The van der Waals surface area contributed by atoms with Crippen molar-refractivity contribution >= 4 is 33.5 Å². The Morgan fingerprint density at radius 2 is 1.74 bits per heavy atom. The van der Waals surface area contributed by atoms with Gasteiger partial charge in [-0.3, -0.25) is 14.2 Å². The number of para-hydroxylation sites is 1. The van der Waals surface area contributed by atoms with Crippen molar-refractivity contribution in [2.75, 3.05) is 5.32 Å². The molecule has 0 saturated carbocycles. The fourth-order valence-corrected chi connectivity index (χ4v) is 4.36. The number of benzene rings is 3. The Balaban J connectivity index is 1.62. The van der Waals surface area contributed by atoms with E-state index in [1.54, 1.807) is 10.6 Å². The van der Waals surface area contributed by atoms with E-state index in [1.165, 1.54) is 23.0 Å². The van der Waals surface area contributed by atoms with Gasteiger partial charge in [-0.15, -0.1) is 0 Å². The fraction of sp³-hybridized carbons (Fsp3) is 0.148. The van der Waals surface area contributed by atoms with Crippen LogP contribution in [0.1, 0.15) is 16.7 Å². The Labute approximate surface area is 195 Å². The van der Waals surface area contributed by atoms with Gasteiger partial charge in [-0.1, -0.05) is 48.5 Å². The molecule has 5 rings (SSSR count). The molecular formula is C27H23FN4O2. The van der Waals surface area contributed by atoms with Gasteiger partial charge in [-0.05, 0) is 48.7 Å². The van der Waals surface area contributed by atoms with E-state index >= 15 is 0 Å². The van der Waals surface area contributed by atoms with Crippen LogP contribution in [-0.2, 0) is 17.9 Å². The van der Waals surface area contributed by atoms with E-state index in [2.05, 4.69) is 10.3 Å². The lowest BCUT2D eigenvalue weighted by atomic mass is 10.1. The molecule has 0 radical (unpaired) electrons. The number of hydrogen-bond donors (Lipinski definition) is 1.